The maximum atomic E-state index is 11.7. The van der Waals surface area contributed by atoms with Crippen molar-refractivity contribution < 1.29 is 14.7 Å². The normalized spacial score (nSPS) is 20.5. The van der Waals surface area contributed by atoms with Crippen LogP contribution in [0.2, 0.25) is 0 Å². The summed E-state index contributed by atoms with van der Waals surface area (Å²) in [5, 5.41) is 8.90. The van der Waals surface area contributed by atoms with Gasteiger partial charge in [0.25, 0.3) is 0 Å². The van der Waals surface area contributed by atoms with Gasteiger partial charge in [-0.15, -0.1) is 6.58 Å². The van der Waals surface area contributed by atoms with Crippen molar-refractivity contribution in [3.05, 3.63) is 12.7 Å². The number of carboxylic acid groups (broad SMARTS) is 1. The number of carbonyl (C=O) groups excluding carboxylic acids is 1. The van der Waals surface area contributed by atoms with Crippen LogP contribution < -0.4 is 0 Å². The van der Waals surface area contributed by atoms with Crippen LogP contribution in [0.5, 0.6) is 0 Å². The fourth-order valence-corrected chi connectivity index (χ4v) is 1.96. The second-order valence-corrected chi connectivity index (χ2v) is 4.20. The Bertz CT molecular complexity index is 275. The standard InChI is InChI=1S/C12H19NO3/c1-2-3-4-7-11(14)13-8-5-6-10(9-13)12(15)16/h2,10H,1,3-9H2,(H,15,16). The summed E-state index contributed by atoms with van der Waals surface area (Å²) in [6.07, 6.45) is 5.41. The monoisotopic (exact) mass is 225 g/mol. The molecule has 1 N–H and O–H groups in total. The Morgan fingerprint density at radius 2 is 2.25 bits per heavy atom. The SMILES string of the molecule is C=CCCCC(=O)N1CCCC(C(=O)O)C1. The number of aliphatic carboxylic acids is 1. The van der Waals surface area contributed by atoms with Crippen molar-refractivity contribution in [1.82, 2.24) is 4.90 Å². The number of carbonyl (C=O) groups is 2. The third-order valence-corrected chi connectivity index (χ3v) is 2.92. The van der Waals surface area contributed by atoms with E-state index in [4.69, 9.17) is 5.11 Å². The van der Waals surface area contributed by atoms with Crippen molar-refractivity contribution in [2.45, 2.75) is 32.1 Å². The van der Waals surface area contributed by atoms with Gasteiger partial charge in [-0.1, -0.05) is 6.08 Å². The van der Waals surface area contributed by atoms with Crippen LogP contribution in [0.1, 0.15) is 32.1 Å². The molecule has 1 aliphatic rings. The molecule has 1 saturated heterocycles. The molecule has 0 saturated carbocycles. The van der Waals surface area contributed by atoms with Gasteiger partial charge in [-0.25, -0.2) is 0 Å². The molecular formula is C12H19NO3. The Labute approximate surface area is 95.9 Å². The molecule has 1 amide bonds. The van der Waals surface area contributed by atoms with Crippen molar-refractivity contribution in [2.24, 2.45) is 5.92 Å². The van der Waals surface area contributed by atoms with Gasteiger partial charge in [-0.05, 0) is 25.7 Å². The number of hydrogen-bond donors (Lipinski definition) is 1. The van der Waals surface area contributed by atoms with Gasteiger partial charge in [0.05, 0.1) is 5.92 Å². The van der Waals surface area contributed by atoms with E-state index in [-0.39, 0.29) is 11.8 Å². The van der Waals surface area contributed by atoms with Crippen molar-refractivity contribution in [3.8, 4) is 0 Å². The zero-order valence-electron chi connectivity index (χ0n) is 9.52. The van der Waals surface area contributed by atoms with Crippen LogP contribution in [-0.2, 0) is 9.59 Å². The topological polar surface area (TPSA) is 57.6 Å². The number of allylic oxidation sites excluding steroid dienone is 1. The van der Waals surface area contributed by atoms with E-state index in [0.29, 0.717) is 25.9 Å². The second-order valence-electron chi connectivity index (χ2n) is 4.20. The van der Waals surface area contributed by atoms with Gasteiger partial charge in [0.15, 0.2) is 0 Å². The lowest BCUT2D eigenvalue weighted by molar-refractivity contribution is -0.145. The Morgan fingerprint density at radius 3 is 2.88 bits per heavy atom. The lowest BCUT2D eigenvalue weighted by Gasteiger charge is -2.30. The first-order valence-corrected chi connectivity index (χ1v) is 5.76. The minimum absolute atomic E-state index is 0.0767. The van der Waals surface area contributed by atoms with Crippen LogP contribution in [0.4, 0.5) is 0 Å². The minimum atomic E-state index is -0.788. The van der Waals surface area contributed by atoms with Crippen molar-refractivity contribution >= 4 is 11.9 Å². The van der Waals surface area contributed by atoms with Gasteiger partial charge in [0.1, 0.15) is 0 Å². The summed E-state index contributed by atoms with van der Waals surface area (Å²) in [6, 6.07) is 0. The molecule has 1 aliphatic heterocycles. The summed E-state index contributed by atoms with van der Waals surface area (Å²) in [7, 11) is 0. The molecule has 0 aromatic carbocycles. The molecule has 16 heavy (non-hydrogen) atoms. The number of unbranched alkanes of at least 4 members (excludes halogenated alkanes) is 1. The predicted molar refractivity (Wildman–Crippen MR) is 61.0 cm³/mol. The van der Waals surface area contributed by atoms with E-state index in [0.717, 1.165) is 19.3 Å². The second kappa shape index (κ2) is 6.30. The highest BCUT2D eigenvalue weighted by molar-refractivity contribution is 5.78. The zero-order chi connectivity index (χ0) is 12.0. The highest BCUT2D eigenvalue weighted by atomic mass is 16.4. The van der Waals surface area contributed by atoms with Crippen molar-refractivity contribution in [3.63, 3.8) is 0 Å². The third kappa shape index (κ3) is 3.68. The Balaban J connectivity index is 2.37. The summed E-state index contributed by atoms with van der Waals surface area (Å²) in [6.45, 7) is 4.68. The molecule has 0 radical (unpaired) electrons. The summed E-state index contributed by atoms with van der Waals surface area (Å²) >= 11 is 0. The Hall–Kier alpha value is -1.32. The maximum Gasteiger partial charge on any atom is 0.308 e. The number of hydrogen-bond acceptors (Lipinski definition) is 2. The molecule has 0 aromatic rings. The Kier molecular flexibility index (Phi) is 5.02. The lowest BCUT2D eigenvalue weighted by atomic mass is 9.98. The Morgan fingerprint density at radius 1 is 1.50 bits per heavy atom. The van der Waals surface area contributed by atoms with Crippen LogP contribution in [0.25, 0.3) is 0 Å². The zero-order valence-corrected chi connectivity index (χ0v) is 9.52. The van der Waals surface area contributed by atoms with Crippen LogP contribution in [0, 0.1) is 5.92 Å². The lowest BCUT2D eigenvalue weighted by Crippen LogP contribution is -2.42. The fourth-order valence-electron chi connectivity index (χ4n) is 1.96. The third-order valence-electron chi connectivity index (χ3n) is 2.92. The van der Waals surface area contributed by atoms with Gasteiger partial charge < -0.3 is 10.0 Å². The largest absolute Gasteiger partial charge is 0.481 e. The minimum Gasteiger partial charge on any atom is -0.481 e. The van der Waals surface area contributed by atoms with Gasteiger partial charge in [-0.3, -0.25) is 9.59 Å². The first-order chi connectivity index (χ1) is 7.65. The molecular weight excluding hydrogens is 206 g/mol. The molecule has 1 atom stereocenters. The average Bonchev–Trinajstić information content (AvgIpc) is 2.29. The van der Waals surface area contributed by atoms with E-state index in [2.05, 4.69) is 6.58 Å². The highest BCUT2D eigenvalue weighted by Gasteiger charge is 2.27. The van der Waals surface area contributed by atoms with Crippen LogP contribution in [0.3, 0.4) is 0 Å². The molecule has 1 rings (SSSR count). The molecule has 4 nitrogen and oxygen atoms in total. The van der Waals surface area contributed by atoms with Crippen molar-refractivity contribution in [1.29, 1.82) is 0 Å². The molecule has 90 valence electrons. The summed E-state index contributed by atoms with van der Waals surface area (Å²) < 4.78 is 0. The fraction of sp³-hybridized carbons (Fsp3) is 0.667. The van der Waals surface area contributed by atoms with E-state index in [9.17, 15) is 9.59 Å². The first kappa shape index (κ1) is 12.7. The van der Waals surface area contributed by atoms with Gasteiger partial charge in [-0.2, -0.15) is 0 Å². The van der Waals surface area contributed by atoms with Crippen LogP contribution in [0.15, 0.2) is 12.7 Å². The van der Waals surface area contributed by atoms with E-state index in [1.807, 2.05) is 0 Å². The van der Waals surface area contributed by atoms with E-state index in [1.54, 1.807) is 11.0 Å². The summed E-state index contributed by atoms with van der Waals surface area (Å²) in [5.41, 5.74) is 0. The molecule has 0 spiro atoms. The average molecular weight is 225 g/mol. The number of nitrogens with zero attached hydrogens (tertiary/aromatic N) is 1. The van der Waals surface area contributed by atoms with E-state index >= 15 is 0 Å². The molecule has 1 fully saturated rings. The number of amides is 1. The summed E-state index contributed by atoms with van der Waals surface area (Å²) in [4.78, 5) is 24.3. The molecule has 0 aromatic heterocycles. The number of rotatable bonds is 5. The van der Waals surface area contributed by atoms with Gasteiger partial charge in [0, 0.05) is 19.5 Å². The number of likely N-dealkylation sites (tertiary alicyclic amines) is 1. The summed E-state index contributed by atoms with van der Waals surface area (Å²) in [5.74, 6) is -1.09. The smallest absolute Gasteiger partial charge is 0.308 e. The van der Waals surface area contributed by atoms with Gasteiger partial charge in [0.2, 0.25) is 5.91 Å². The number of piperidine rings is 1. The molecule has 0 bridgehead atoms. The quantitative estimate of drug-likeness (QED) is 0.572. The molecule has 0 aliphatic carbocycles. The molecule has 4 heteroatoms. The number of carboxylic acids is 1. The van der Waals surface area contributed by atoms with Crippen LogP contribution >= 0.6 is 0 Å². The molecule has 1 heterocycles. The van der Waals surface area contributed by atoms with Crippen LogP contribution in [-0.4, -0.2) is 35.0 Å². The highest BCUT2D eigenvalue weighted by Crippen LogP contribution is 2.17. The van der Waals surface area contributed by atoms with E-state index in [1.165, 1.54) is 0 Å². The first-order valence-electron chi connectivity index (χ1n) is 5.76. The predicted octanol–water partition coefficient (Wildman–Crippen LogP) is 1.67. The van der Waals surface area contributed by atoms with Crippen molar-refractivity contribution in [2.75, 3.05) is 13.1 Å². The molecule has 1 unspecified atom stereocenters. The van der Waals surface area contributed by atoms with Gasteiger partial charge >= 0.3 is 5.97 Å². The maximum absolute atomic E-state index is 11.7. The van der Waals surface area contributed by atoms with E-state index < -0.39 is 5.97 Å².